The molecule has 1 rings (SSSR count). The molecule has 0 saturated heterocycles. The standard InChI is InChI=1S/C10H15N3O2/c1-11-8(9(12-2)10(14)15)7-4-3-5-13-6-7/h3-6,8-9,11-12H,1-2H3,(H,14,15). The van der Waals surface area contributed by atoms with Gasteiger partial charge in [0.1, 0.15) is 6.04 Å². The summed E-state index contributed by atoms with van der Waals surface area (Å²) in [7, 11) is 3.35. The first-order valence-electron chi connectivity index (χ1n) is 4.68. The number of likely N-dealkylation sites (N-methyl/N-ethyl adjacent to an activating group) is 2. The van der Waals surface area contributed by atoms with Crippen molar-refractivity contribution < 1.29 is 9.90 Å². The number of carbonyl (C=O) groups is 1. The van der Waals surface area contributed by atoms with E-state index in [2.05, 4.69) is 15.6 Å². The van der Waals surface area contributed by atoms with Crippen molar-refractivity contribution in [1.82, 2.24) is 15.6 Å². The minimum atomic E-state index is -0.888. The molecule has 82 valence electrons. The molecule has 0 aliphatic rings. The molecule has 5 nitrogen and oxygen atoms in total. The van der Waals surface area contributed by atoms with Crippen LogP contribution in [0.2, 0.25) is 0 Å². The number of hydrogen-bond acceptors (Lipinski definition) is 4. The topological polar surface area (TPSA) is 74.2 Å². The lowest BCUT2D eigenvalue weighted by Gasteiger charge is -2.23. The van der Waals surface area contributed by atoms with E-state index in [4.69, 9.17) is 5.11 Å². The minimum absolute atomic E-state index is 0.291. The third-order valence-electron chi connectivity index (χ3n) is 2.26. The summed E-state index contributed by atoms with van der Waals surface area (Å²) in [4.78, 5) is 15.0. The molecular formula is C10H15N3O2. The SMILES string of the molecule is CNC(C(=O)O)C(NC)c1cccnc1. The Balaban J connectivity index is 2.92. The first-order valence-corrected chi connectivity index (χ1v) is 4.68. The summed E-state index contributed by atoms with van der Waals surface area (Å²) in [5.74, 6) is -0.888. The highest BCUT2D eigenvalue weighted by Crippen LogP contribution is 2.15. The van der Waals surface area contributed by atoms with Gasteiger partial charge in [-0.05, 0) is 25.7 Å². The van der Waals surface area contributed by atoms with E-state index in [1.54, 1.807) is 32.6 Å². The lowest BCUT2D eigenvalue weighted by molar-refractivity contribution is -0.140. The van der Waals surface area contributed by atoms with Gasteiger partial charge in [-0.15, -0.1) is 0 Å². The molecule has 0 spiro atoms. The Bertz CT molecular complexity index is 316. The summed E-state index contributed by atoms with van der Waals surface area (Å²) in [6.07, 6.45) is 3.32. The summed E-state index contributed by atoms with van der Waals surface area (Å²) in [6.45, 7) is 0. The Hall–Kier alpha value is -1.46. The normalized spacial score (nSPS) is 14.5. The molecule has 0 bridgehead atoms. The average Bonchev–Trinajstić information content (AvgIpc) is 2.26. The second-order valence-electron chi connectivity index (χ2n) is 3.16. The average molecular weight is 209 g/mol. The van der Waals surface area contributed by atoms with E-state index in [-0.39, 0.29) is 6.04 Å². The van der Waals surface area contributed by atoms with Crippen LogP contribution in [0.25, 0.3) is 0 Å². The van der Waals surface area contributed by atoms with Crippen LogP contribution in [0, 0.1) is 0 Å². The van der Waals surface area contributed by atoms with Gasteiger partial charge in [-0.2, -0.15) is 0 Å². The van der Waals surface area contributed by atoms with Crippen molar-refractivity contribution >= 4 is 5.97 Å². The fourth-order valence-electron chi connectivity index (χ4n) is 1.52. The van der Waals surface area contributed by atoms with E-state index in [0.717, 1.165) is 5.56 Å². The summed E-state index contributed by atoms with van der Waals surface area (Å²) < 4.78 is 0. The van der Waals surface area contributed by atoms with E-state index in [0.29, 0.717) is 0 Å². The van der Waals surface area contributed by atoms with Crippen LogP contribution in [0.5, 0.6) is 0 Å². The van der Waals surface area contributed by atoms with E-state index < -0.39 is 12.0 Å². The first kappa shape index (κ1) is 11.6. The van der Waals surface area contributed by atoms with Gasteiger partial charge in [-0.3, -0.25) is 9.78 Å². The van der Waals surface area contributed by atoms with Gasteiger partial charge >= 0.3 is 5.97 Å². The number of pyridine rings is 1. The second kappa shape index (κ2) is 5.43. The van der Waals surface area contributed by atoms with Gasteiger partial charge < -0.3 is 15.7 Å². The zero-order valence-corrected chi connectivity index (χ0v) is 8.77. The van der Waals surface area contributed by atoms with Crippen LogP contribution in [-0.4, -0.2) is 36.2 Å². The smallest absolute Gasteiger partial charge is 0.322 e. The van der Waals surface area contributed by atoms with Gasteiger partial charge in [0.05, 0.1) is 6.04 Å². The third-order valence-corrected chi connectivity index (χ3v) is 2.26. The number of carboxylic acid groups (broad SMARTS) is 1. The summed E-state index contributed by atoms with van der Waals surface area (Å²) in [5, 5.41) is 14.7. The van der Waals surface area contributed by atoms with Gasteiger partial charge in [-0.25, -0.2) is 0 Å². The van der Waals surface area contributed by atoms with Crippen LogP contribution in [0.4, 0.5) is 0 Å². The number of rotatable bonds is 5. The zero-order chi connectivity index (χ0) is 11.3. The van der Waals surface area contributed by atoms with Gasteiger partial charge in [0.2, 0.25) is 0 Å². The number of hydrogen-bond donors (Lipinski definition) is 3. The molecule has 0 aromatic carbocycles. The molecular weight excluding hydrogens is 194 g/mol. The minimum Gasteiger partial charge on any atom is -0.480 e. The van der Waals surface area contributed by atoms with E-state index in [1.807, 2.05) is 6.07 Å². The molecule has 0 aliphatic heterocycles. The Morgan fingerprint density at radius 3 is 2.60 bits per heavy atom. The molecule has 1 aromatic heterocycles. The van der Waals surface area contributed by atoms with Crippen molar-refractivity contribution in [3.63, 3.8) is 0 Å². The molecule has 0 saturated carbocycles. The highest BCUT2D eigenvalue weighted by Gasteiger charge is 2.26. The zero-order valence-electron chi connectivity index (χ0n) is 8.77. The lowest BCUT2D eigenvalue weighted by atomic mass is 10.0. The molecule has 2 atom stereocenters. The highest BCUT2D eigenvalue weighted by atomic mass is 16.4. The quantitative estimate of drug-likeness (QED) is 0.637. The van der Waals surface area contributed by atoms with Crippen LogP contribution in [-0.2, 0) is 4.79 Å². The van der Waals surface area contributed by atoms with Gasteiger partial charge in [0, 0.05) is 12.4 Å². The molecule has 1 aromatic rings. The molecule has 5 heteroatoms. The van der Waals surface area contributed by atoms with E-state index in [9.17, 15) is 4.79 Å². The molecule has 0 aliphatic carbocycles. The Labute approximate surface area is 88.5 Å². The van der Waals surface area contributed by atoms with Crippen molar-refractivity contribution in [2.75, 3.05) is 14.1 Å². The monoisotopic (exact) mass is 209 g/mol. The van der Waals surface area contributed by atoms with Crippen LogP contribution in [0.3, 0.4) is 0 Å². The highest BCUT2D eigenvalue weighted by molar-refractivity contribution is 5.74. The van der Waals surface area contributed by atoms with Crippen molar-refractivity contribution in [2.24, 2.45) is 0 Å². The van der Waals surface area contributed by atoms with Crippen LogP contribution < -0.4 is 10.6 Å². The molecule has 0 fully saturated rings. The number of nitrogens with zero attached hydrogens (tertiary/aromatic N) is 1. The number of aromatic nitrogens is 1. The molecule has 15 heavy (non-hydrogen) atoms. The van der Waals surface area contributed by atoms with Crippen molar-refractivity contribution in [3.8, 4) is 0 Å². The Kier molecular flexibility index (Phi) is 4.20. The Morgan fingerprint density at radius 1 is 1.47 bits per heavy atom. The first-order chi connectivity index (χ1) is 7.20. The van der Waals surface area contributed by atoms with Gasteiger partial charge in [0.15, 0.2) is 0 Å². The molecule has 3 N–H and O–H groups in total. The molecule has 0 amide bonds. The maximum atomic E-state index is 11.0. The van der Waals surface area contributed by atoms with Crippen LogP contribution in [0.1, 0.15) is 11.6 Å². The summed E-state index contributed by atoms with van der Waals surface area (Å²) in [6, 6.07) is 2.68. The van der Waals surface area contributed by atoms with Crippen molar-refractivity contribution in [2.45, 2.75) is 12.1 Å². The number of carboxylic acids is 1. The predicted molar refractivity (Wildman–Crippen MR) is 56.5 cm³/mol. The molecule has 2 unspecified atom stereocenters. The fourth-order valence-corrected chi connectivity index (χ4v) is 1.52. The van der Waals surface area contributed by atoms with Crippen LogP contribution in [0.15, 0.2) is 24.5 Å². The maximum Gasteiger partial charge on any atom is 0.322 e. The second-order valence-corrected chi connectivity index (χ2v) is 3.16. The van der Waals surface area contributed by atoms with Crippen molar-refractivity contribution in [3.05, 3.63) is 30.1 Å². The van der Waals surface area contributed by atoms with Crippen molar-refractivity contribution in [1.29, 1.82) is 0 Å². The number of aliphatic carboxylic acids is 1. The summed E-state index contributed by atoms with van der Waals surface area (Å²) >= 11 is 0. The van der Waals surface area contributed by atoms with Gasteiger partial charge in [-0.1, -0.05) is 6.07 Å². The molecule has 0 radical (unpaired) electrons. The summed E-state index contributed by atoms with van der Waals surface area (Å²) in [5.41, 5.74) is 0.849. The molecule has 1 heterocycles. The third kappa shape index (κ3) is 2.74. The largest absolute Gasteiger partial charge is 0.480 e. The maximum absolute atomic E-state index is 11.0. The number of nitrogens with one attached hydrogen (secondary N) is 2. The van der Waals surface area contributed by atoms with E-state index in [1.165, 1.54) is 0 Å². The lowest BCUT2D eigenvalue weighted by Crippen LogP contribution is -2.44. The fraction of sp³-hybridized carbons (Fsp3) is 0.400. The predicted octanol–water partition coefficient (Wildman–Crippen LogP) is 0.0147. The van der Waals surface area contributed by atoms with E-state index >= 15 is 0 Å². The van der Waals surface area contributed by atoms with Crippen LogP contribution >= 0.6 is 0 Å². The van der Waals surface area contributed by atoms with Gasteiger partial charge in [0.25, 0.3) is 0 Å². The Morgan fingerprint density at radius 2 is 2.20 bits per heavy atom.